The van der Waals surface area contributed by atoms with Gasteiger partial charge in [-0.3, -0.25) is 4.98 Å². The van der Waals surface area contributed by atoms with Crippen molar-refractivity contribution in [3.05, 3.63) is 53.9 Å². The number of nitrogens with one attached hydrogen (secondary N) is 1. The summed E-state index contributed by atoms with van der Waals surface area (Å²) < 4.78 is 4.98. The summed E-state index contributed by atoms with van der Waals surface area (Å²) in [6.07, 6.45) is 6.11. The molecule has 0 fully saturated rings. The van der Waals surface area contributed by atoms with Gasteiger partial charge in [0.25, 0.3) is 0 Å². The molecule has 19 heavy (non-hydrogen) atoms. The Bertz CT molecular complexity index is 490. The Kier molecular flexibility index (Phi) is 5.40. The third-order valence-electron chi connectivity index (χ3n) is 2.64. The molecule has 0 saturated heterocycles. The van der Waals surface area contributed by atoms with E-state index in [1.54, 1.807) is 19.5 Å². The quantitative estimate of drug-likeness (QED) is 0.756. The van der Waals surface area contributed by atoms with Gasteiger partial charge in [-0.15, -0.1) is 0 Å². The highest BCUT2D eigenvalue weighted by atomic mass is 16.5. The van der Waals surface area contributed by atoms with Crippen LogP contribution in [-0.2, 0) is 17.7 Å². The van der Waals surface area contributed by atoms with Crippen LogP contribution in [0.25, 0.3) is 0 Å². The Balaban J connectivity index is 1.91. The highest BCUT2D eigenvalue weighted by Crippen LogP contribution is 2.04. The zero-order valence-electron chi connectivity index (χ0n) is 11.0. The molecule has 0 aliphatic rings. The van der Waals surface area contributed by atoms with Gasteiger partial charge in [-0.25, -0.2) is 9.97 Å². The van der Waals surface area contributed by atoms with Gasteiger partial charge in [0.15, 0.2) is 0 Å². The first-order valence-electron chi connectivity index (χ1n) is 6.28. The van der Waals surface area contributed by atoms with E-state index in [9.17, 15) is 0 Å². The first-order chi connectivity index (χ1) is 9.38. The van der Waals surface area contributed by atoms with Crippen molar-refractivity contribution in [2.75, 3.05) is 20.3 Å². The van der Waals surface area contributed by atoms with Crippen LogP contribution in [0.3, 0.4) is 0 Å². The monoisotopic (exact) mass is 258 g/mol. The van der Waals surface area contributed by atoms with Crippen LogP contribution < -0.4 is 5.32 Å². The van der Waals surface area contributed by atoms with E-state index < -0.39 is 0 Å². The first kappa shape index (κ1) is 13.6. The van der Waals surface area contributed by atoms with E-state index in [4.69, 9.17) is 4.74 Å². The largest absolute Gasteiger partial charge is 0.383 e. The fourth-order valence-electron chi connectivity index (χ4n) is 1.70. The summed E-state index contributed by atoms with van der Waals surface area (Å²) >= 11 is 0. The van der Waals surface area contributed by atoms with Crippen LogP contribution in [-0.4, -0.2) is 35.2 Å². The third-order valence-corrected chi connectivity index (χ3v) is 2.64. The number of ether oxygens (including phenoxy) is 1. The molecule has 100 valence electrons. The SMILES string of the molecule is COCCNCc1ccnc(Cc2cccnc2)n1. The maximum absolute atomic E-state index is 4.98. The molecule has 0 aliphatic heterocycles. The second-order valence-electron chi connectivity index (χ2n) is 4.17. The van der Waals surface area contributed by atoms with Crippen molar-refractivity contribution in [1.82, 2.24) is 20.3 Å². The van der Waals surface area contributed by atoms with Crippen LogP contribution in [0.2, 0.25) is 0 Å². The smallest absolute Gasteiger partial charge is 0.133 e. The molecule has 0 unspecified atom stereocenters. The predicted molar refractivity (Wildman–Crippen MR) is 72.7 cm³/mol. The van der Waals surface area contributed by atoms with Gasteiger partial charge in [-0.1, -0.05) is 6.07 Å². The van der Waals surface area contributed by atoms with Crippen molar-refractivity contribution < 1.29 is 4.74 Å². The van der Waals surface area contributed by atoms with E-state index in [1.807, 2.05) is 24.4 Å². The molecule has 0 amide bonds. The zero-order chi connectivity index (χ0) is 13.3. The van der Waals surface area contributed by atoms with Crippen molar-refractivity contribution in [2.45, 2.75) is 13.0 Å². The molecule has 0 aliphatic carbocycles. The molecule has 5 nitrogen and oxygen atoms in total. The van der Waals surface area contributed by atoms with E-state index in [1.165, 1.54) is 0 Å². The molecule has 2 heterocycles. The minimum atomic E-state index is 0.702. The number of methoxy groups -OCH3 is 1. The molecule has 0 saturated carbocycles. The summed E-state index contributed by atoms with van der Waals surface area (Å²) in [5, 5.41) is 3.27. The van der Waals surface area contributed by atoms with E-state index >= 15 is 0 Å². The average molecular weight is 258 g/mol. The molecule has 1 N–H and O–H groups in total. The normalized spacial score (nSPS) is 10.6. The molecular formula is C14H18N4O. The maximum atomic E-state index is 4.98. The van der Waals surface area contributed by atoms with Crippen LogP contribution in [0.1, 0.15) is 17.1 Å². The van der Waals surface area contributed by atoms with Crippen molar-refractivity contribution >= 4 is 0 Å². The fourth-order valence-corrected chi connectivity index (χ4v) is 1.70. The predicted octanol–water partition coefficient (Wildman–Crippen LogP) is 1.20. The van der Waals surface area contributed by atoms with Crippen LogP contribution in [0.15, 0.2) is 36.8 Å². The lowest BCUT2D eigenvalue weighted by atomic mass is 10.2. The highest BCUT2D eigenvalue weighted by Gasteiger charge is 2.01. The average Bonchev–Trinajstić information content (AvgIpc) is 2.45. The molecule has 0 bridgehead atoms. The molecule has 0 spiro atoms. The van der Waals surface area contributed by atoms with Gasteiger partial charge in [0.05, 0.1) is 12.3 Å². The molecule has 5 heteroatoms. The molecule has 0 atom stereocenters. The van der Waals surface area contributed by atoms with Crippen molar-refractivity contribution in [3.8, 4) is 0 Å². The summed E-state index contributed by atoms with van der Waals surface area (Å²) in [5.74, 6) is 0.819. The minimum absolute atomic E-state index is 0.702. The van der Waals surface area contributed by atoms with Crippen molar-refractivity contribution in [2.24, 2.45) is 0 Å². The molecule has 2 aromatic rings. The van der Waals surface area contributed by atoms with Crippen molar-refractivity contribution in [3.63, 3.8) is 0 Å². The second kappa shape index (κ2) is 7.56. The Morgan fingerprint density at radius 3 is 3.00 bits per heavy atom. The summed E-state index contributed by atoms with van der Waals surface area (Å²) in [4.78, 5) is 12.9. The van der Waals surface area contributed by atoms with Gasteiger partial charge in [0.1, 0.15) is 5.82 Å². The number of hydrogen-bond donors (Lipinski definition) is 1. The number of hydrogen-bond acceptors (Lipinski definition) is 5. The van der Waals surface area contributed by atoms with E-state index in [-0.39, 0.29) is 0 Å². The van der Waals surface area contributed by atoms with E-state index in [0.717, 1.165) is 30.2 Å². The Morgan fingerprint density at radius 1 is 1.26 bits per heavy atom. The summed E-state index contributed by atoms with van der Waals surface area (Å²) in [6.45, 7) is 2.25. The fraction of sp³-hybridized carbons (Fsp3) is 0.357. The Hall–Kier alpha value is -1.85. The lowest BCUT2D eigenvalue weighted by molar-refractivity contribution is 0.199. The van der Waals surface area contributed by atoms with Gasteiger partial charge in [0, 0.05) is 45.2 Å². The maximum Gasteiger partial charge on any atom is 0.133 e. The summed E-state index contributed by atoms with van der Waals surface area (Å²) in [6, 6.07) is 5.87. The van der Waals surface area contributed by atoms with Gasteiger partial charge in [0.2, 0.25) is 0 Å². The van der Waals surface area contributed by atoms with Crippen LogP contribution in [0.5, 0.6) is 0 Å². The van der Waals surface area contributed by atoms with Gasteiger partial charge >= 0.3 is 0 Å². The lowest BCUT2D eigenvalue weighted by Crippen LogP contribution is -2.19. The van der Waals surface area contributed by atoms with Crippen molar-refractivity contribution in [1.29, 1.82) is 0 Å². The van der Waals surface area contributed by atoms with E-state index in [2.05, 4.69) is 20.3 Å². The zero-order valence-corrected chi connectivity index (χ0v) is 11.0. The molecule has 2 aromatic heterocycles. The molecule has 0 aromatic carbocycles. The molecular weight excluding hydrogens is 240 g/mol. The number of pyridine rings is 1. The standard InChI is InChI=1S/C14H18N4O/c1-19-8-7-16-11-13-4-6-17-14(18-13)9-12-3-2-5-15-10-12/h2-6,10,16H,7-9,11H2,1H3. The van der Waals surface area contributed by atoms with Crippen LogP contribution in [0.4, 0.5) is 0 Å². The third kappa shape index (κ3) is 4.73. The highest BCUT2D eigenvalue weighted by molar-refractivity contribution is 5.15. The minimum Gasteiger partial charge on any atom is -0.383 e. The lowest BCUT2D eigenvalue weighted by Gasteiger charge is -2.05. The summed E-state index contributed by atoms with van der Waals surface area (Å²) in [7, 11) is 1.69. The van der Waals surface area contributed by atoms with Crippen LogP contribution >= 0.6 is 0 Å². The topological polar surface area (TPSA) is 59.9 Å². The molecule has 2 rings (SSSR count). The number of nitrogens with zero attached hydrogens (tertiary/aromatic N) is 3. The number of aromatic nitrogens is 3. The molecule has 0 radical (unpaired) electrons. The number of rotatable bonds is 7. The second-order valence-corrected chi connectivity index (χ2v) is 4.17. The van der Waals surface area contributed by atoms with Gasteiger partial charge in [-0.05, 0) is 17.7 Å². The van der Waals surface area contributed by atoms with Crippen LogP contribution in [0, 0.1) is 0 Å². The first-order valence-corrected chi connectivity index (χ1v) is 6.28. The van der Waals surface area contributed by atoms with Gasteiger partial charge in [-0.2, -0.15) is 0 Å². The van der Waals surface area contributed by atoms with E-state index in [0.29, 0.717) is 13.0 Å². The Morgan fingerprint density at radius 2 is 2.21 bits per heavy atom. The Labute approximate surface area is 113 Å². The van der Waals surface area contributed by atoms with Gasteiger partial charge < -0.3 is 10.1 Å². The summed E-state index contributed by atoms with van der Waals surface area (Å²) in [5.41, 5.74) is 2.11.